The molecule has 7 heteroatoms. The van der Waals surface area contributed by atoms with E-state index in [0.29, 0.717) is 6.42 Å². The predicted octanol–water partition coefficient (Wildman–Crippen LogP) is 3.51. The third-order valence-corrected chi connectivity index (χ3v) is 9.42. The van der Waals surface area contributed by atoms with Crippen molar-refractivity contribution in [1.29, 1.82) is 0 Å². The third kappa shape index (κ3) is 8.40. The zero-order valence-electron chi connectivity index (χ0n) is 17.5. The molecule has 0 spiro atoms. The van der Waals surface area contributed by atoms with Crippen molar-refractivity contribution < 1.29 is 28.6 Å². The fourth-order valence-corrected chi connectivity index (χ4v) is 3.81. The molecule has 0 aromatic heterocycles. The number of carbonyl (C=O) groups is 2. The van der Waals surface area contributed by atoms with Gasteiger partial charge in [-0.15, -0.1) is 0 Å². The number of aliphatic hydroxyl groups is 1. The van der Waals surface area contributed by atoms with E-state index in [0.717, 1.165) is 6.42 Å². The number of esters is 2. The summed E-state index contributed by atoms with van der Waals surface area (Å²) in [5, 5.41) is 9.14. The molecular formula is C20H34O6Si. The van der Waals surface area contributed by atoms with Gasteiger partial charge in [0.05, 0.1) is 12.2 Å². The molecule has 0 aromatic rings. The largest absolute Gasteiger partial charge is 0.458 e. The topological polar surface area (TPSA) is 82.1 Å². The van der Waals surface area contributed by atoms with Crippen LogP contribution in [0.1, 0.15) is 47.5 Å². The second kappa shape index (κ2) is 9.66. The molecule has 0 bridgehead atoms. The highest BCUT2D eigenvalue weighted by atomic mass is 28.4. The molecular weight excluding hydrogens is 364 g/mol. The molecule has 4 atom stereocenters. The van der Waals surface area contributed by atoms with Crippen molar-refractivity contribution in [1.82, 2.24) is 0 Å². The summed E-state index contributed by atoms with van der Waals surface area (Å²) in [5.74, 6) is -0.531. The van der Waals surface area contributed by atoms with Crippen LogP contribution in [0, 0.1) is 0 Å². The zero-order chi connectivity index (χ0) is 20.8. The normalized spacial score (nSPS) is 27.1. The van der Waals surface area contributed by atoms with Crippen molar-refractivity contribution in [2.45, 2.75) is 90.0 Å². The van der Waals surface area contributed by atoms with Gasteiger partial charge in [0.15, 0.2) is 8.32 Å². The first kappa shape index (κ1) is 23.6. The minimum absolute atomic E-state index is 0.0974. The summed E-state index contributed by atoms with van der Waals surface area (Å²) in [6.45, 7) is 13.9. The molecule has 0 unspecified atom stereocenters. The summed E-state index contributed by atoms with van der Waals surface area (Å²) >= 11 is 0. The van der Waals surface area contributed by atoms with E-state index in [1.165, 1.54) is 13.8 Å². The van der Waals surface area contributed by atoms with E-state index in [4.69, 9.17) is 19.0 Å². The quantitative estimate of drug-likeness (QED) is 0.443. The minimum atomic E-state index is -1.73. The number of rotatable bonds is 4. The summed E-state index contributed by atoms with van der Waals surface area (Å²) in [7, 11) is -1.73. The Kier molecular flexibility index (Phi) is 8.44. The molecule has 0 radical (unpaired) electrons. The van der Waals surface area contributed by atoms with Crippen LogP contribution in [0.5, 0.6) is 0 Å². The van der Waals surface area contributed by atoms with Crippen molar-refractivity contribution in [3.63, 3.8) is 0 Å². The molecule has 0 fully saturated rings. The van der Waals surface area contributed by atoms with Gasteiger partial charge in [-0.2, -0.15) is 0 Å². The lowest BCUT2D eigenvalue weighted by Gasteiger charge is -2.38. The molecule has 27 heavy (non-hydrogen) atoms. The molecule has 154 valence electrons. The first-order valence-electron chi connectivity index (χ1n) is 9.37. The van der Waals surface area contributed by atoms with E-state index in [2.05, 4.69) is 33.9 Å². The molecule has 2 aliphatic rings. The molecule has 2 rings (SSSR count). The van der Waals surface area contributed by atoms with Crippen molar-refractivity contribution >= 4 is 20.3 Å². The predicted molar refractivity (Wildman–Crippen MR) is 107 cm³/mol. The van der Waals surface area contributed by atoms with Crippen molar-refractivity contribution in [3.8, 4) is 0 Å². The fraction of sp³-hybridized carbons (Fsp3) is 0.700. The third-order valence-electron chi connectivity index (χ3n) is 4.91. The molecule has 0 heterocycles. The number of ether oxygens (including phenoxy) is 2. The summed E-state index contributed by atoms with van der Waals surface area (Å²) in [6, 6.07) is 0. The fourth-order valence-electron chi connectivity index (χ4n) is 2.53. The molecule has 0 aromatic carbocycles. The van der Waals surface area contributed by atoms with E-state index < -0.39 is 14.4 Å². The lowest BCUT2D eigenvalue weighted by molar-refractivity contribution is -0.145. The number of hydrogen-bond acceptors (Lipinski definition) is 6. The molecule has 1 N–H and O–H groups in total. The maximum Gasteiger partial charge on any atom is 0.303 e. The number of carbonyl (C=O) groups excluding carboxylic acids is 2. The Morgan fingerprint density at radius 2 is 1.33 bits per heavy atom. The van der Waals surface area contributed by atoms with Gasteiger partial charge in [0, 0.05) is 26.7 Å². The summed E-state index contributed by atoms with van der Waals surface area (Å²) in [4.78, 5) is 21.2. The average Bonchev–Trinajstić information content (AvgIpc) is 3.06. The van der Waals surface area contributed by atoms with Crippen LogP contribution in [0.3, 0.4) is 0 Å². The smallest absolute Gasteiger partial charge is 0.303 e. The van der Waals surface area contributed by atoms with Crippen molar-refractivity contribution in [2.24, 2.45) is 0 Å². The van der Waals surface area contributed by atoms with Crippen LogP contribution < -0.4 is 0 Å². The Bertz CT molecular complexity index is 576. The van der Waals surface area contributed by atoms with Gasteiger partial charge in [0.2, 0.25) is 0 Å². The Hall–Kier alpha value is -1.44. The molecule has 0 saturated carbocycles. The Labute approximate surface area is 163 Å². The van der Waals surface area contributed by atoms with E-state index in [1.54, 1.807) is 12.2 Å². The SMILES string of the molecule is CC(=O)O[C@H]1C=C[C@@H](O)C1.CC(=O)O[C@H]1C=C[C@@H](O[Si](C)(C)C(C)(C)C)C1. The molecule has 0 saturated heterocycles. The molecule has 2 aliphatic carbocycles. The van der Waals surface area contributed by atoms with Crippen LogP contribution in [0.25, 0.3) is 0 Å². The van der Waals surface area contributed by atoms with Gasteiger partial charge in [-0.1, -0.05) is 32.9 Å². The van der Waals surface area contributed by atoms with Gasteiger partial charge < -0.3 is 19.0 Å². The zero-order valence-corrected chi connectivity index (χ0v) is 18.5. The first-order chi connectivity index (χ1) is 12.3. The lowest BCUT2D eigenvalue weighted by atomic mass is 10.2. The molecule has 0 amide bonds. The Morgan fingerprint density at radius 1 is 0.889 bits per heavy atom. The van der Waals surface area contributed by atoms with Crippen molar-refractivity contribution in [3.05, 3.63) is 24.3 Å². The summed E-state index contributed by atoms with van der Waals surface area (Å²) in [5.41, 5.74) is 0. The van der Waals surface area contributed by atoms with Crippen LogP contribution in [0.4, 0.5) is 0 Å². The van der Waals surface area contributed by atoms with E-state index >= 15 is 0 Å². The highest BCUT2D eigenvalue weighted by Crippen LogP contribution is 2.38. The van der Waals surface area contributed by atoms with Crippen LogP contribution in [0.2, 0.25) is 18.1 Å². The van der Waals surface area contributed by atoms with E-state index in [1.807, 2.05) is 12.2 Å². The average molecular weight is 399 g/mol. The molecule has 0 aliphatic heterocycles. The van der Waals surface area contributed by atoms with Crippen LogP contribution in [-0.2, 0) is 23.5 Å². The number of aliphatic hydroxyl groups excluding tert-OH is 1. The van der Waals surface area contributed by atoms with Crippen molar-refractivity contribution in [2.75, 3.05) is 0 Å². The summed E-state index contributed by atoms with van der Waals surface area (Å²) in [6.07, 6.45) is 7.87. The van der Waals surface area contributed by atoms with Crippen LogP contribution in [0.15, 0.2) is 24.3 Å². The summed E-state index contributed by atoms with van der Waals surface area (Å²) < 4.78 is 16.2. The van der Waals surface area contributed by atoms with Gasteiger partial charge >= 0.3 is 11.9 Å². The lowest BCUT2D eigenvalue weighted by Crippen LogP contribution is -2.43. The van der Waals surface area contributed by atoms with Gasteiger partial charge in [0.25, 0.3) is 0 Å². The second-order valence-electron chi connectivity index (χ2n) is 8.52. The number of hydrogen-bond donors (Lipinski definition) is 1. The standard InChI is InChI=1S/C13H24O3Si.C7H10O3/c1-10(14)15-11-7-8-12(9-11)16-17(5,6)13(2,3)4;1-5(8)10-7-3-2-6(9)4-7/h7-8,11-12H,9H2,1-6H3;2-3,6-7,9H,4H2,1H3/t11-,12+;6-,7+/m01/s1. The highest BCUT2D eigenvalue weighted by Gasteiger charge is 2.40. The highest BCUT2D eigenvalue weighted by molar-refractivity contribution is 6.74. The van der Waals surface area contributed by atoms with Gasteiger partial charge in [-0.3, -0.25) is 9.59 Å². The minimum Gasteiger partial charge on any atom is -0.458 e. The Morgan fingerprint density at radius 3 is 1.74 bits per heavy atom. The van der Waals surface area contributed by atoms with Crippen LogP contribution >= 0.6 is 0 Å². The molecule has 6 nitrogen and oxygen atoms in total. The Balaban J connectivity index is 0.000000309. The monoisotopic (exact) mass is 398 g/mol. The maximum absolute atomic E-state index is 10.9. The van der Waals surface area contributed by atoms with E-state index in [9.17, 15) is 9.59 Å². The van der Waals surface area contributed by atoms with E-state index in [-0.39, 0.29) is 35.3 Å². The second-order valence-corrected chi connectivity index (χ2v) is 13.3. The van der Waals surface area contributed by atoms with Gasteiger partial charge in [-0.05, 0) is 30.3 Å². The van der Waals surface area contributed by atoms with Gasteiger partial charge in [-0.25, -0.2) is 0 Å². The van der Waals surface area contributed by atoms with Crippen LogP contribution in [-0.4, -0.2) is 49.8 Å². The maximum atomic E-state index is 10.9. The van der Waals surface area contributed by atoms with Gasteiger partial charge in [0.1, 0.15) is 12.2 Å². The first-order valence-corrected chi connectivity index (χ1v) is 12.3.